The highest BCUT2D eigenvalue weighted by Crippen LogP contribution is 2.23. The summed E-state index contributed by atoms with van der Waals surface area (Å²) in [6, 6.07) is 15.7. The summed E-state index contributed by atoms with van der Waals surface area (Å²) in [7, 11) is 1.79. The molecule has 1 aliphatic rings. The Balaban J connectivity index is 1.48. The first-order valence-corrected chi connectivity index (χ1v) is 11.1. The number of benzene rings is 1. The summed E-state index contributed by atoms with van der Waals surface area (Å²) >= 11 is 0. The van der Waals surface area contributed by atoms with E-state index < -0.39 is 5.60 Å². The van der Waals surface area contributed by atoms with Crippen LogP contribution in [0.4, 0.5) is 10.6 Å². The Morgan fingerprint density at radius 3 is 2.47 bits per heavy atom. The van der Waals surface area contributed by atoms with Crippen LogP contribution in [0.5, 0.6) is 0 Å². The molecule has 1 saturated heterocycles. The molecule has 172 valence electrons. The minimum Gasteiger partial charge on any atom is -0.459 e. The first kappa shape index (κ1) is 23.6. The quantitative estimate of drug-likeness (QED) is 0.533. The summed E-state index contributed by atoms with van der Waals surface area (Å²) < 4.78 is 11.1. The number of likely N-dealkylation sites (tertiary alicyclic amines) is 1. The van der Waals surface area contributed by atoms with Crippen molar-refractivity contribution in [2.45, 2.75) is 52.2 Å². The number of nitrogens with zero attached hydrogens (tertiary/aromatic N) is 3. The highest BCUT2D eigenvalue weighted by molar-refractivity contribution is 5.87. The van der Waals surface area contributed by atoms with Gasteiger partial charge >= 0.3 is 6.09 Å². The molecule has 0 saturated carbocycles. The molecule has 1 amide bonds. The zero-order valence-electron chi connectivity index (χ0n) is 19.5. The van der Waals surface area contributed by atoms with E-state index in [1.165, 1.54) is 0 Å². The van der Waals surface area contributed by atoms with Gasteiger partial charge in [-0.2, -0.15) is 0 Å². The lowest BCUT2D eigenvalue weighted by Gasteiger charge is -2.31. The van der Waals surface area contributed by atoms with E-state index in [9.17, 15) is 4.79 Å². The first-order valence-electron chi connectivity index (χ1n) is 11.1. The fraction of sp³-hybridized carbons (Fsp3) is 0.480. The number of hydrogen-bond donors (Lipinski definition) is 1. The summed E-state index contributed by atoms with van der Waals surface area (Å²) in [6.45, 7) is 7.46. The predicted molar refractivity (Wildman–Crippen MR) is 126 cm³/mol. The number of pyridine rings is 1. The van der Waals surface area contributed by atoms with E-state index in [1.54, 1.807) is 16.8 Å². The van der Waals surface area contributed by atoms with Crippen molar-refractivity contribution in [3.05, 3.63) is 59.8 Å². The van der Waals surface area contributed by atoms with Gasteiger partial charge < -0.3 is 14.4 Å². The molecule has 0 aliphatic carbocycles. The molecule has 0 atom stereocenters. The molecular formula is C25H34N4O3. The van der Waals surface area contributed by atoms with Crippen LogP contribution in [0.3, 0.4) is 0 Å². The standard InChI is InChI=1S/C25H34N4O3/c1-25(2,3)32-23(26)28(4)22-12-8-11-21(27-22)17-19-13-15-29(16-14-19)24(30)31-18-20-9-6-5-7-10-20/h5-12,19,26H,13-18H2,1-4H3. The number of nitrogens with one attached hydrogen (secondary N) is 1. The van der Waals surface area contributed by atoms with E-state index in [0.29, 0.717) is 31.4 Å². The normalized spacial score (nSPS) is 14.7. The summed E-state index contributed by atoms with van der Waals surface area (Å²) in [6.07, 6.45) is 2.45. The number of rotatable bonds is 5. The number of carbonyl (C=O) groups excluding carboxylic acids is 1. The smallest absolute Gasteiger partial charge is 0.410 e. The molecule has 2 aromatic rings. The SMILES string of the molecule is CN(C(=N)OC(C)(C)C)c1cccc(CC2CCN(C(=O)OCc3ccccc3)CC2)n1. The van der Waals surface area contributed by atoms with E-state index in [1.807, 2.05) is 69.3 Å². The van der Waals surface area contributed by atoms with Crippen molar-refractivity contribution < 1.29 is 14.3 Å². The number of amidine groups is 1. The molecule has 1 aliphatic heterocycles. The number of amides is 1. The molecule has 32 heavy (non-hydrogen) atoms. The number of hydrogen-bond acceptors (Lipinski definition) is 5. The Hall–Kier alpha value is -3.09. The van der Waals surface area contributed by atoms with Crippen molar-refractivity contribution in [2.24, 2.45) is 5.92 Å². The van der Waals surface area contributed by atoms with E-state index in [4.69, 9.17) is 19.9 Å². The lowest BCUT2D eigenvalue weighted by molar-refractivity contribution is 0.0822. The highest BCUT2D eigenvalue weighted by atomic mass is 16.6. The van der Waals surface area contributed by atoms with Gasteiger partial charge in [0.2, 0.25) is 0 Å². The van der Waals surface area contributed by atoms with E-state index in [-0.39, 0.29) is 12.1 Å². The molecule has 1 aromatic carbocycles. The van der Waals surface area contributed by atoms with Crippen LogP contribution in [0.1, 0.15) is 44.9 Å². The predicted octanol–water partition coefficient (Wildman–Crippen LogP) is 4.86. The lowest BCUT2D eigenvalue weighted by Crippen LogP contribution is -2.39. The third-order valence-corrected chi connectivity index (χ3v) is 5.42. The average molecular weight is 439 g/mol. The van der Waals surface area contributed by atoms with Gasteiger partial charge in [0.1, 0.15) is 18.0 Å². The summed E-state index contributed by atoms with van der Waals surface area (Å²) in [4.78, 5) is 20.6. The summed E-state index contributed by atoms with van der Waals surface area (Å²) in [5.74, 6) is 1.16. The van der Waals surface area contributed by atoms with Gasteiger partial charge in [-0.25, -0.2) is 9.78 Å². The van der Waals surface area contributed by atoms with Crippen molar-refractivity contribution in [1.29, 1.82) is 5.41 Å². The number of aromatic nitrogens is 1. The molecule has 0 bridgehead atoms. The van der Waals surface area contributed by atoms with Crippen LogP contribution in [0.25, 0.3) is 0 Å². The zero-order valence-corrected chi connectivity index (χ0v) is 19.5. The third kappa shape index (κ3) is 6.97. The number of ether oxygens (including phenoxy) is 2. The molecule has 2 heterocycles. The fourth-order valence-electron chi connectivity index (χ4n) is 3.66. The fourth-order valence-corrected chi connectivity index (χ4v) is 3.66. The third-order valence-electron chi connectivity index (χ3n) is 5.42. The Bertz CT molecular complexity index is 903. The van der Waals surface area contributed by atoms with E-state index in [2.05, 4.69) is 0 Å². The molecular weight excluding hydrogens is 404 g/mol. The highest BCUT2D eigenvalue weighted by Gasteiger charge is 2.25. The molecule has 3 rings (SSSR count). The average Bonchev–Trinajstić information content (AvgIpc) is 2.77. The lowest BCUT2D eigenvalue weighted by atomic mass is 9.92. The number of anilines is 1. The van der Waals surface area contributed by atoms with E-state index >= 15 is 0 Å². The van der Waals surface area contributed by atoms with Crippen LogP contribution in [0.2, 0.25) is 0 Å². The Morgan fingerprint density at radius 1 is 1.12 bits per heavy atom. The Labute approximate surface area is 190 Å². The van der Waals surface area contributed by atoms with Crippen molar-refractivity contribution in [3.8, 4) is 0 Å². The molecule has 0 unspecified atom stereocenters. The molecule has 7 nitrogen and oxygen atoms in total. The van der Waals surface area contributed by atoms with Gasteiger partial charge in [0.15, 0.2) is 0 Å². The topological polar surface area (TPSA) is 78.8 Å². The molecule has 0 radical (unpaired) electrons. The van der Waals surface area contributed by atoms with Crippen molar-refractivity contribution in [1.82, 2.24) is 9.88 Å². The molecule has 1 fully saturated rings. The van der Waals surface area contributed by atoms with Crippen LogP contribution in [0, 0.1) is 11.3 Å². The second-order valence-corrected chi connectivity index (χ2v) is 9.24. The second kappa shape index (κ2) is 10.5. The minimum absolute atomic E-state index is 0.0736. The first-order chi connectivity index (χ1) is 15.2. The van der Waals surface area contributed by atoms with Crippen molar-refractivity contribution in [2.75, 3.05) is 25.0 Å². The van der Waals surface area contributed by atoms with Gasteiger partial charge in [0, 0.05) is 25.8 Å². The number of carbonyl (C=O) groups is 1. The Kier molecular flexibility index (Phi) is 7.72. The van der Waals surface area contributed by atoms with Gasteiger partial charge in [-0.1, -0.05) is 36.4 Å². The van der Waals surface area contributed by atoms with Gasteiger partial charge in [-0.15, -0.1) is 0 Å². The maximum atomic E-state index is 12.4. The van der Waals surface area contributed by atoms with Gasteiger partial charge in [-0.3, -0.25) is 10.3 Å². The van der Waals surface area contributed by atoms with Crippen molar-refractivity contribution >= 4 is 17.9 Å². The zero-order chi connectivity index (χ0) is 23.1. The number of piperidine rings is 1. The summed E-state index contributed by atoms with van der Waals surface area (Å²) in [5.41, 5.74) is 1.55. The second-order valence-electron chi connectivity index (χ2n) is 9.24. The van der Waals surface area contributed by atoms with E-state index in [0.717, 1.165) is 30.5 Å². The minimum atomic E-state index is -0.431. The maximum absolute atomic E-state index is 12.4. The van der Waals surface area contributed by atoms with Crippen LogP contribution < -0.4 is 4.90 Å². The van der Waals surface area contributed by atoms with Crippen LogP contribution in [0.15, 0.2) is 48.5 Å². The molecule has 7 heteroatoms. The maximum Gasteiger partial charge on any atom is 0.410 e. The van der Waals surface area contributed by atoms with Crippen molar-refractivity contribution in [3.63, 3.8) is 0 Å². The van der Waals surface area contributed by atoms with Crippen LogP contribution >= 0.6 is 0 Å². The van der Waals surface area contributed by atoms with Gasteiger partial charge in [-0.05, 0) is 63.6 Å². The van der Waals surface area contributed by atoms with Gasteiger partial charge in [0.05, 0.1) is 0 Å². The molecule has 1 aromatic heterocycles. The Morgan fingerprint density at radius 2 is 1.81 bits per heavy atom. The monoisotopic (exact) mass is 438 g/mol. The molecule has 0 spiro atoms. The van der Waals surface area contributed by atoms with Crippen LogP contribution in [-0.2, 0) is 22.5 Å². The van der Waals surface area contributed by atoms with Gasteiger partial charge in [0.25, 0.3) is 6.02 Å². The summed E-state index contributed by atoms with van der Waals surface area (Å²) in [5, 5.41) is 8.18. The van der Waals surface area contributed by atoms with Crippen LogP contribution in [-0.4, -0.2) is 47.7 Å². The molecule has 1 N–H and O–H groups in total. The largest absolute Gasteiger partial charge is 0.459 e.